The first kappa shape index (κ1) is 24.2. The van der Waals surface area contributed by atoms with Crippen LogP contribution < -0.4 is 10.1 Å². The first-order valence-corrected chi connectivity index (χ1v) is 12.8. The van der Waals surface area contributed by atoms with Crippen LogP contribution in [0.1, 0.15) is 25.8 Å². The largest absolute Gasteiger partial charge is 0.488 e. The van der Waals surface area contributed by atoms with Gasteiger partial charge in [-0.3, -0.25) is 0 Å². The van der Waals surface area contributed by atoms with Gasteiger partial charge in [0.25, 0.3) is 0 Å². The van der Waals surface area contributed by atoms with Gasteiger partial charge >= 0.3 is 0 Å². The number of pyridine rings is 1. The predicted molar refractivity (Wildman–Crippen MR) is 131 cm³/mol. The van der Waals surface area contributed by atoms with Gasteiger partial charge in [0.1, 0.15) is 11.6 Å². The summed E-state index contributed by atoms with van der Waals surface area (Å²) < 4.78 is 31.5. The molecular formula is C24H27BrN2O4S. The number of sulfone groups is 1. The Labute approximate surface area is 197 Å². The fourth-order valence-electron chi connectivity index (χ4n) is 3.16. The Balaban J connectivity index is 2.04. The van der Waals surface area contributed by atoms with Crippen molar-refractivity contribution in [3.8, 4) is 16.9 Å². The van der Waals surface area contributed by atoms with Crippen LogP contribution in [0.15, 0.2) is 64.1 Å². The highest BCUT2D eigenvalue weighted by atomic mass is 79.9. The molecule has 3 aromatic rings. The summed E-state index contributed by atoms with van der Waals surface area (Å²) in [6.07, 6.45) is 2.09. The molecule has 1 aromatic heterocycles. The maximum Gasteiger partial charge on any atom is 0.178 e. The Bertz CT molecular complexity index is 1200. The maximum absolute atomic E-state index is 12.3. The molecule has 0 unspecified atom stereocenters. The third-order valence-electron chi connectivity index (χ3n) is 4.98. The highest BCUT2D eigenvalue weighted by molar-refractivity contribution is 9.10. The normalized spacial score (nSPS) is 12.4. The van der Waals surface area contributed by atoms with Crippen molar-refractivity contribution in [3.63, 3.8) is 0 Å². The molecule has 170 valence electrons. The van der Waals surface area contributed by atoms with E-state index in [0.29, 0.717) is 28.6 Å². The van der Waals surface area contributed by atoms with Gasteiger partial charge < -0.3 is 15.2 Å². The summed E-state index contributed by atoms with van der Waals surface area (Å²) in [7, 11) is -3.31. The van der Waals surface area contributed by atoms with Gasteiger partial charge in [-0.2, -0.15) is 0 Å². The second kappa shape index (κ2) is 10.5. The number of anilines is 2. The topological polar surface area (TPSA) is 88.5 Å². The standard InChI is InChI=1S/C24H27BrN2O4S/c1-4-32(29,30)20-7-5-6-18(13-20)19-8-9-23(31-17(3)10-11-28)22(14-19)27-24-21(25)12-16(2)15-26-24/h5-9,12-15,17,28H,4,10-11H2,1-3H3,(H,26,27)/t17-/m1/s1. The zero-order valence-electron chi connectivity index (χ0n) is 18.3. The molecule has 0 bridgehead atoms. The molecule has 32 heavy (non-hydrogen) atoms. The second-order valence-corrected chi connectivity index (χ2v) is 10.7. The molecule has 0 saturated carbocycles. The Morgan fingerprint density at radius 1 is 1.16 bits per heavy atom. The lowest BCUT2D eigenvalue weighted by atomic mass is 10.0. The summed E-state index contributed by atoms with van der Waals surface area (Å²) in [6.45, 7) is 5.53. The minimum Gasteiger partial charge on any atom is -0.488 e. The summed E-state index contributed by atoms with van der Waals surface area (Å²) >= 11 is 3.54. The number of nitrogens with one attached hydrogen (secondary N) is 1. The smallest absolute Gasteiger partial charge is 0.178 e. The molecule has 2 N–H and O–H groups in total. The number of aryl methyl sites for hydroxylation is 1. The molecule has 0 saturated heterocycles. The van der Waals surface area contributed by atoms with Crippen molar-refractivity contribution in [2.75, 3.05) is 17.7 Å². The molecule has 0 fully saturated rings. The van der Waals surface area contributed by atoms with Crippen molar-refractivity contribution >= 4 is 37.3 Å². The molecule has 0 aliphatic carbocycles. The number of nitrogens with zero attached hydrogens (tertiary/aromatic N) is 1. The Morgan fingerprint density at radius 3 is 2.59 bits per heavy atom. The first-order valence-electron chi connectivity index (χ1n) is 10.4. The fraction of sp³-hybridized carbons (Fsp3) is 0.292. The summed E-state index contributed by atoms with van der Waals surface area (Å²) in [5, 5.41) is 12.5. The molecular weight excluding hydrogens is 492 g/mol. The van der Waals surface area contributed by atoms with E-state index in [1.807, 2.05) is 44.2 Å². The van der Waals surface area contributed by atoms with Crippen molar-refractivity contribution in [1.82, 2.24) is 4.98 Å². The highest BCUT2D eigenvalue weighted by Gasteiger charge is 2.15. The number of benzene rings is 2. The minimum atomic E-state index is -3.31. The molecule has 8 heteroatoms. The molecule has 1 heterocycles. The number of aromatic nitrogens is 1. The molecule has 0 spiro atoms. The summed E-state index contributed by atoms with van der Waals surface area (Å²) in [5.74, 6) is 1.29. The number of ether oxygens (including phenoxy) is 1. The van der Waals surface area contributed by atoms with E-state index in [9.17, 15) is 13.5 Å². The van der Waals surface area contributed by atoms with Crippen molar-refractivity contribution in [2.24, 2.45) is 0 Å². The van der Waals surface area contributed by atoms with Gasteiger partial charge in [-0.15, -0.1) is 0 Å². The molecule has 6 nitrogen and oxygen atoms in total. The van der Waals surface area contributed by atoms with Crippen molar-refractivity contribution in [1.29, 1.82) is 0 Å². The number of aliphatic hydroxyl groups excluding tert-OH is 1. The zero-order valence-corrected chi connectivity index (χ0v) is 20.7. The van der Waals surface area contributed by atoms with Gasteiger partial charge in [-0.05, 0) is 76.8 Å². The number of aliphatic hydroxyl groups is 1. The van der Waals surface area contributed by atoms with E-state index in [1.165, 1.54) is 0 Å². The zero-order chi connectivity index (χ0) is 23.3. The van der Waals surface area contributed by atoms with Crippen LogP contribution in [0.25, 0.3) is 11.1 Å². The van der Waals surface area contributed by atoms with E-state index in [-0.39, 0.29) is 18.5 Å². The van der Waals surface area contributed by atoms with Gasteiger partial charge in [0.15, 0.2) is 9.84 Å². The third-order valence-corrected chi connectivity index (χ3v) is 7.32. The molecule has 1 atom stereocenters. The monoisotopic (exact) mass is 518 g/mol. The van der Waals surface area contributed by atoms with E-state index in [0.717, 1.165) is 21.2 Å². The van der Waals surface area contributed by atoms with Crippen LogP contribution in [0, 0.1) is 6.92 Å². The second-order valence-electron chi connectivity index (χ2n) is 7.55. The fourth-order valence-corrected chi connectivity index (χ4v) is 4.64. The quantitative estimate of drug-likeness (QED) is 0.388. The van der Waals surface area contributed by atoms with Crippen LogP contribution in [0.2, 0.25) is 0 Å². The van der Waals surface area contributed by atoms with E-state index in [2.05, 4.69) is 26.2 Å². The SMILES string of the molecule is CCS(=O)(=O)c1cccc(-c2ccc(O[C@H](C)CCO)c(Nc3ncc(C)cc3Br)c2)c1. The molecule has 0 radical (unpaired) electrons. The minimum absolute atomic E-state index is 0.0335. The molecule has 0 aliphatic rings. The van der Waals surface area contributed by atoms with Crippen LogP contribution >= 0.6 is 15.9 Å². The van der Waals surface area contributed by atoms with E-state index in [1.54, 1.807) is 31.3 Å². The number of rotatable bonds is 9. The van der Waals surface area contributed by atoms with Gasteiger partial charge in [0, 0.05) is 19.2 Å². The third kappa shape index (κ3) is 5.88. The first-order chi connectivity index (χ1) is 15.2. The number of hydrogen-bond acceptors (Lipinski definition) is 6. The molecule has 0 aliphatic heterocycles. The lowest BCUT2D eigenvalue weighted by molar-refractivity contribution is 0.169. The van der Waals surface area contributed by atoms with E-state index < -0.39 is 9.84 Å². The van der Waals surface area contributed by atoms with E-state index >= 15 is 0 Å². The molecule has 2 aromatic carbocycles. The van der Waals surface area contributed by atoms with Crippen LogP contribution in [0.3, 0.4) is 0 Å². The number of hydrogen-bond donors (Lipinski definition) is 2. The summed E-state index contributed by atoms with van der Waals surface area (Å²) in [6, 6.07) is 14.5. The maximum atomic E-state index is 12.3. The molecule has 3 rings (SSSR count). The predicted octanol–water partition coefficient (Wildman–Crippen LogP) is 5.51. The Morgan fingerprint density at radius 2 is 1.91 bits per heavy atom. The van der Waals surface area contributed by atoms with E-state index in [4.69, 9.17) is 4.74 Å². The van der Waals surface area contributed by atoms with Crippen molar-refractivity contribution < 1.29 is 18.3 Å². The van der Waals surface area contributed by atoms with Crippen LogP contribution in [0.5, 0.6) is 5.75 Å². The van der Waals surface area contributed by atoms with Gasteiger partial charge in [-0.1, -0.05) is 25.1 Å². The highest BCUT2D eigenvalue weighted by Crippen LogP contribution is 2.35. The van der Waals surface area contributed by atoms with Crippen molar-refractivity contribution in [2.45, 2.75) is 38.2 Å². The van der Waals surface area contributed by atoms with Crippen LogP contribution in [-0.2, 0) is 9.84 Å². The van der Waals surface area contributed by atoms with Gasteiger partial charge in [0.2, 0.25) is 0 Å². The Kier molecular flexibility index (Phi) is 7.92. The number of halogens is 1. The average molecular weight is 519 g/mol. The summed E-state index contributed by atoms with van der Waals surface area (Å²) in [5.41, 5.74) is 3.34. The van der Waals surface area contributed by atoms with Crippen LogP contribution in [0.4, 0.5) is 11.5 Å². The van der Waals surface area contributed by atoms with Crippen LogP contribution in [-0.4, -0.2) is 37.0 Å². The van der Waals surface area contributed by atoms with Crippen molar-refractivity contribution in [3.05, 3.63) is 64.8 Å². The Hall–Kier alpha value is -2.42. The summed E-state index contributed by atoms with van der Waals surface area (Å²) in [4.78, 5) is 4.75. The molecule has 0 amide bonds. The van der Waals surface area contributed by atoms with Gasteiger partial charge in [0.05, 0.1) is 26.9 Å². The average Bonchev–Trinajstić information content (AvgIpc) is 2.77. The lowest BCUT2D eigenvalue weighted by Crippen LogP contribution is -2.14. The lowest BCUT2D eigenvalue weighted by Gasteiger charge is -2.19. The van der Waals surface area contributed by atoms with Gasteiger partial charge in [-0.25, -0.2) is 13.4 Å².